The number of hydrogen-bond donors (Lipinski definition) is 0. The van der Waals surface area contributed by atoms with Gasteiger partial charge in [-0.25, -0.2) is 9.78 Å². The van der Waals surface area contributed by atoms with E-state index in [0.717, 1.165) is 44.5 Å². The molecule has 1 aliphatic rings. The van der Waals surface area contributed by atoms with Gasteiger partial charge in [0.05, 0.1) is 0 Å². The van der Waals surface area contributed by atoms with Gasteiger partial charge in [0, 0.05) is 31.9 Å². The number of likely N-dealkylation sites (N-methyl/N-ethyl adjacent to an activating group) is 1. The molecule has 1 aliphatic heterocycles. The minimum Gasteiger partial charge on any atom is -0.444 e. The second-order valence-corrected chi connectivity index (χ2v) is 7.90. The van der Waals surface area contributed by atoms with Crippen molar-refractivity contribution in [3.05, 3.63) is 29.0 Å². The number of carbonyl (C=O) groups excluding carboxylic acids is 1. The average Bonchev–Trinajstić information content (AvgIpc) is 2.48. The fourth-order valence-electron chi connectivity index (χ4n) is 2.99. The first-order valence-corrected chi connectivity index (χ1v) is 8.91. The molecule has 0 N–H and O–H groups in total. The van der Waals surface area contributed by atoms with Crippen LogP contribution in [0.15, 0.2) is 18.3 Å². The number of halogens is 1. The van der Waals surface area contributed by atoms with Gasteiger partial charge in [-0.1, -0.05) is 17.7 Å². The number of nitrogens with zero attached hydrogens (tertiary/aromatic N) is 3. The molecule has 0 aromatic carbocycles. The molecule has 2 rings (SSSR count). The molecule has 0 radical (unpaired) electrons. The molecule has 6 heteroatoms. The van der Waals surface area contributed by atoms with E-state index in [4.69, 9.17) is 16.3 Å². The van der Waals surface area contributed by atoms with Crippen LogP contribution < -0.4 is 0 Å². The Morgan fingerprint density at radius 3 is 2.79 bits per heavy atom. The summed E-state index contributed by atoms with van der Waals surface area (Å²) in [7, 11) is 2.07. The Morgan fingerprint density at radius 1 is 1.42 bits per heavy atom. The van der Waals surface area contributed by atoms with Crippen LogP contribution in [0.5, 0.6) is 0 Å². The zero-order chi connectivity index (χ0) is 17.7. The molecule has 0 bridgehead atoms. The van der Waals surface area contributed by atoms with Gasteiger partial charge < -0.3 is 14.5 Å². The number of pyridine rings is 1. The summed E-state index contributed by atoms with van der Waals surface area (Å²) in [5.74, 6) is 0. The number of amides is 1. The van der Waals surface area contributed by atoms with Gasteiger partial charge in [0.1, 0.15) is 10.8 Å². The molecule has 0 unspecified atom stereocenters. The first-order chi connectivity index (χ1) is 11.2. The van der Waals surface area contributed by atoms with Gasteiger partial charge in [0.25, 0.3) is 0 Å². The first kappa shape index (κ1) is 19.0. The highest BCUT2D eigenvalue weighted by Gasteiger charge is 2.31. The van der Waals surface area contributed by atoms with Crippen molar-refractivity contribution in [2.75, 3.05) is 20.1 Å². The van der Waals surface area contributed by atoms with E-state index in [9.17, 15) is 4.79 Å². The topological polar surface area (TPSA) is 45.7 Å². The molecule has 0 aliphatic carbocycles. The van der Waals surface area contributed by atoms with E-state index in [1.807, 2.05) is 31.7 Å². The van der Waals surface area contributed by atoms with Crippen LogP contribution in [0.2, 0.25) is 5.15 Å². The molecular formula is C18H28ClN3O2. The fraction of sp³-hybridized carbons (Fsp3) is 0.667. The Bertz CT molecular complexity index is 542. The zero-order valence-corrected chi connectivity index (χ0v) is 15.8. The largest absolute Gasteiger partial charge is 0.444 e. The summed E-state index contributed by atoms with van der Waals surface area (Å²) in [5.41, 5.74) is 0.654. The molecule has 1 aromatic heterocycles. The molecular weight excluding hydrogens is 326 g/mol. The van der Waals surface area contributed by atoms with Crippen LogP contribution in [-0.2, 0) is 11.3 Å². The molecule has 0 saturated carbocycles. The maximum atomic E-state index is 12.5. The van der Waals surface area contributed by atoms with E-state index >= 15 is 0 Å². The minimum absolute atomic E-state index is 0.193. The lowest BCUT2D eigenvalue weighted by Gasteiger charge is -2.38. The van der Waals surface area contributed by atoms with Gasteiger partial charge in [0.2, 0.25) is 0 Å². The van der Waals surface area contributed by atoms with Gasteiger partial charge in [-0.3, -0.25) is 0 Å². The predicted molar refractivity (Wildman–Crippen MR) is 96.2 cm³/mol. The van der Waals surface area contributed by atoms with E-state index in [1.165, 1.54) is 0 Å². The van der Waals surface area contributed by atoms with E-state index in [0.29, 0.717) is 5.15 Å². The second kappa shape index (κ2) is 8.17. The van der Waals surface area contributed by atoms with Gasteiger partial charge in [-0.2, -0.15) is 0 Å². The van der Waals surface area contributed by atoms with E-state index in [1.54, 1.807) is 12.3 Å². The molecule has 1 saturated heterocycles. The van der Waals surface area contributed by atoms with E-state index < -0.39 is 5.60 Å². The second-order valence-electron chi connectivity index (χ2n) is 7.51. The van der Waals surface area contributed by atoms with Gasteiger partial charge >= 0.3 is 6.09 Å². The maximum absolute atomic E-state index is 12.5. The summed E-state index contributed by atoms with van der Waals surface area (Å²) in [6, 6.07) is 3.98. The van der Waals surface area contributed by atoms with E-state index in [-0.39, 0.29) is 12.1 Å². The SMILES string of the molecule is CN(Cc1ccc(Cl)nc1)C[C@@H]1CCCCN1C(=O)OC(C)(C)C. The van der Waals surface area contributed by atoms with Crippen molar-refractivity contribution >= 4 is 17.7 Å². The first-order valence-electron chi connectivity index (χ1n) is 8.53. The van der Waals surface area contributed by atoms with Crippen molar-refractivity contribution in [3.8, 4) is 0 Å². The molecule has 134 valence electrons. The normalized spacial score (nSPS) is 18.8. The standard InChI is InChI=1S/C18H28ClN3O2/c1-18(2,3)24-17(23)22-10-6-5-7-15(22)13-21(4)12-14-8-9-16(19)20-11-14/h8-9,11,15H,5-7,10,12-13H2,1-4H3/t15-/m0/s1. The summed E-state index contributed by atoms with van der Waals surface area (Å²) >= 11 is 5.83. The summed E-state index contributed by atoms with van der Waals surface area (Å²) in [5, 5.41) is 0.504. The number of carbonyl (C=O) groups is 1. The van der Waals surface area contributed by atoms with Crippen LogP contribution in [0, 0.1) is 0 Å². The summed E-state index contributed by atoms with van der Waals surface area (Å²) < 4.78 is 5.56. The average molecular weight is 354 g/mol. The van der Waals surface area contributed by atoms with Crippen LogP contribution in [0.4, 0.5) is 4.79 Å². The van der Waals surface area contributed by atoms with Crippen molar-refractivity contribution in [1.82, 2.24) is 14.8 Å². The summed E-state index contributed by atoms with van der Waals surface area (Å²) in [6.07, 6.45) is 4.81. The Kier molecular flexibility index (Phi) is 6.47. The third-order valence-electron chi connectivity index (χ3n) is 4.02. The number of ether oxygens (including phenoxy) is 1. The van der Waals surface area contributed by atoms with Crippen molar-refractivity contribution in [3.63, 3.8) is 0 Å². The van der Waals surface area contributed by atoms with Crippen molar-refractivity contribution in [2.45, 2.75) is 58.2 Å². The monoisotopic (exact) mass is 353 g/mol. The van der Waals surface area contributed by atoms with Gasteiger partial charge in [0.15, 0.2) is 0 Å². The summed E-state index contributed by atoms with van der Waals surface area (Å²) in [6.45, 7) is 8.09. The third-order valence-corrected chi connectivity index (χ3v) is 4.24. The predicted octanol–water partition coefficient (Wildman–Crippen LogP) is 3.96. The Morgan fingerprint density at radius 2 is 2.17 bits per heavy atom. The van der Waals surface area contributed by atoms with Crippen LogP contribution in [-0.4, -0.2) is 52.7 Å². The fourth-order valence-corrected chi connectivity index (χ4v) is 3.10. The number of rotatable bonds is 4. The highest BCUT2D eigenvalue weighted by molar-refractivity contribution is 6.29. The highest BCUT2D eigenvalue weighted by Crippen LogP contribution is 2.21. The highest BCUT2D eigenvalue weighted by atomic mass is 35.5. The maximum Gasteiger partial charge on any atom is 0.410 e. The quantitative estimate of drug-likeness (QED) is 0.769. The van der Waals surface area contributed by atoms with Crippen molar-refractivity contribution < 1.29 is 9.53 Å². The molecule has 1 aromatic rings. The Labute approximate surface area is 149 Å². The molecule has 0 spiro atoms. The van der Waals surface area contributed by atoms with Gasteiger partial charge in [-0.15, -0.1) is 0 Å². The molecule has 5 nitrogen and oxygen atoms in total. The van der Waals surface area contributed by atoms with Crippen LogP contribution in [0.25, 0.3) is 0 Å². The Hall–Kier alpha value is -1.33. The number of piperidine rings is 1. The zero-order valence-electron chi connectivity index (χ0n) is 15.1. The van der Waals surface area contributed by atoms with E-state index in [2.05, 4.69) is 16.9 Å². The minimum atomic E-state index is -0.458. The number of aromatic nitrogens is 1. The van der Waals surface area contributed by atoms with Crippen LogP contribution >= 0.6 is 11.6 Å². The van der Waals surface area contributed by atoms with Crippen molar-refractivity contribution in [1.29, 1.82) is 0 Å². The lowest BCUT2D eigenvalue weighted by atomic mass is 10.0. The molecule has 1 amide bonds. The number of hydrogen-bond acceptors (Lipinski definition) is 4. The Balaban J connectivity index is 1.94. The molecule has 1 fully saturated rings. The van der Waals surface area contributed by atoms with Crippen LogP contribution in [0.1, 0.15) is 45.6 Å². The number of likely N-dealkylation sites (tertiary alicyclic amines) is 1. The van der Waals surface area contributed by atoms with Crippen molar-refractivity contribution in [2.24, 2.45) is 0 Å². The molecule has 2 heterocycles. The lowest BCUT2D eigenvalue weighted by Crippen LogP contribution is -2.50. The molecule has 1 atom stereocenters. The summed E-state index contributed by atoms with van der Waals surface area (Å²) in [4.78, 5) is 20.7. The lowest BCUT2D eigenvalue weighted by molar-refractivity contribution is 0.00586. The van der Waals surface area contributed by atoms with Gasteiger partial charge in [-0.05, 0) is 58.7 Å². The molecule has 24 heavy (non-hydrogen) atoms. The third kappa shape index (κ3) is 5.95. The van der Waals surface area contributed by atoms with Crippen LogP contribution in [0.3, 0.4) is 0 Å². The smallest absolute Gasteiger partial charge is 0.410 e.